The molecule has 1 unspecified atom stereocenters. The van der Waals surface area contributed by atoms with Gasteiger partial charge in [-0.05, 0) is 47.4 Å². The summed E-state index contributed by atoms with van der Waals surface area (Å²) in [4.78, 5) is 12.0. The normalized spacial score (nSPS) is 12.4. The standard InChI is InChI=1S/C21H24O3/c1-15(2)18-6-5-7-19(14-18)16(3)12-13-24-21(22)17-8-10-20(23-4)11-9-17/h5-16H,1-4H3/b13-12+. The summed E-state index contributed by atoms with van der Waals surface area (Å²) in [7, 11) is 1.59. The molecule has 0 saturated carbocycles. The molecule has 2 aromatic rings. The summed E-state index contributed by atoms with van der Waals surface area (Å²) in [5, 5.41) is 0. The van der Waals surface area contributed by atoms with Crippen LogP contribution in [-0.2, 0) is 4.74 Å². The van der Waals surface area contributed by atoms with Crippen LogP contribution in [0.3, 0.4) is 0 Å². The molecule has 0 aliphatic carbocycles. The molecule has 0 spiro atoms. The van der Waals surface area contributed by atoms with Crippen LogP contribution < -0.4 is 4.74 Å². The highest BCUT2D eigenvalue weighted by Gasteiger charge is 2.07. The number of ether oxygens (including phenoxy) is 2. The molecule has 0 N–H and O–H groups in total. The molecule has 0 amide bonds. The second kappa shape index (κ2) is 8.34. The maximum absolute atomic E-state index is 12.0. The zero-order valence-corrected chi connectivity index (χ0v) is 14.7. The summed E-state index contributed by atoms with van der Waals surface area (Å²) in [6.45, 7) is 6.43. The molecule has 24 heavy (non-hydrogen) atoms. The number of allylic oxidation sites excluding steroid dienone is 1. The van der Waals surface area contributed by atoms with Crippen molar-refractivity contribution in [3.63, 3.8) is 0 Å². The van der Waals surface area contributed by atoms with Gasteiger partial charge in [-0.1, -0.05) is 45.0 Å². The molecule has 0 fully saturated rings. The minimum absolute atomic E-state index is 0.173. The quantitative estimate of drug-likeness (QED) is 0.535. The van der Waals surface area contributed by atoms with Crippen molar-refractivity contribution in [2.24, 2.45) is 0 Å². The van der Waals surface area contributed by atoms with E-state index in [9.17, 15) is 4.79 Å². The van der Waals surface area contributed by atoms with Gasteiger partial charge in [-0.3, -0.25) is 0 Å². The number of hydrogen-bond donors (Lipinski definition) is 0. The van der Waals surface area contributed by atoms with Crippen molar-refractivity contribution < 1.29 is 14.3 Å². The summed E-state index contributed by atoms with van der Waals surface area (Å²) >= 11 is 0. The third-order valence-electron chi connectivity index (χ3n) is 3.97. The van der Waals surface area contributed by atoms with Gasteiger partial charge in [0.15, 0.2) is 0 Å². The Balaban J connectivity index is 1.97. The summed E-state index contributed by atoms with van der Waals surface area (Å²) in [5.74, 6) is 0.999. The highest BCUT2D eigenvalue weighted by molar-refractivity contribution is 5.89. The van der Waals surface area contributed by atoms with Gasteiger partial charge in [0.05, 0.1) is 18.9 Å². The predicted molar refractivity (Wildman–Crippen MR) is 96.5 cm³/mol. The molecule has 0 aliphatic heterocycles. The lowest BCUT2D eigenvalue weighted by Crippen LogP contribution is -2.01. The maximum atomic E-state index is 12.0. The largest absolute Gasteiger partial charge is 0.497 e. The molecular weight excluding hydrogens is 300 g/mol. The molecule has 126 valence electrons. The van der Waals surface area contributed by atoms with Crippen molar-refractivity contribution in [3.8, 4) is 5.75 Å². The Labute approximate surface area is 143 Å². The van der Waals surface area contributed by atoms with E-state index in [0.717, 1.165) is 0 Å². The van der Waals surface area contributed by atoms with Gasteiger partial charge < -0.3 is 9.47 Å². The number of benzene rings is 2. The van der Waals surface area contributed by atoms with Gasteiger partial charge in [0, 0.05) is 5.92 Å². The smallest absolute Gasteiger partial charge is 0.342 e. The molecule has 0 bridgehead atoms. The van der Waals surface area contributed by atoms with Gasteiger partial charge in [0.25, 0.3) is 0 Å². The van der Waals surface area contributed by atoms with Crippen molar-refractivity contribution in [1.29, 1.82) is 0 Å². The van der Waals surface area contributed by atoms with Gasteiger partial charge in [-0.2, -0.15) is 0 Å². The van der Waals surface area contributed by atoms with Gasteiger partial charge in [-0.15, -0.1) is 0 Å². The lowest BCUT2D eigenvalue weighted by atomic mass is 9.95. The van der Waals surface area contributed by atoms with Gasteiger partial charge in [-0.25, -0.2) is 4.79 Å². The first-order chi connectivity index (χ1) is 11.5. The van der Waals surface area contributed by atoms with Crippen LogP contribution in [0.4, 0.5) is 0 Å². The van der Waals surface area contributed by atoms with E-state index in [-0.39, 0.29) is 11.9 Å². The van der Waals surface area contributed by atoms with Crippen molar-refractivity contribution in [2.75, 3.05) is 7.11 Å². The molecule has 0 aliphatic rings. The van der Waals surface area contributed by atoms with E-state index in [1.807, 2.05) is 6.08 Å². The van der Waals surface area contributed by atoms with Crippen molar-refractivity contribution in [2.45, 2.75) is 32.6 Å². The number of esters is 1. The zero-order valence-electron chi connectivity index (χ0n) is 14.7. The molecule has 0 saturated heterocycles. The Bertz CT molecular complexity index is 699. The highest BCUT2D eigenvalue weighted by Crippen LogP contribution is 2.22. The molecule has 3 heteroatoms. The van der Waals surface area contributed by atoms with Crippen LogP contribution in [0.2, 0.25) is 0 Å². The fourth-order valence-electron chi connectivity index (χ4n) is 2.33. The summed E-state index contributed by atoms with van der Waals surface area (Å²) in [6.07, 6.45) is 3.36. The van der Waals surface area contributed by atoms with E-state index in [2.05, 4.69) is 45.0 Å². The van der Waals surface area contributed by atoms with Crippen molar-refractivity contribution in [1.82, 2.24) is 0 Å². The van der Waals surface area contributed by atoms with E-state index in [1.165, 1.54) is 17.4 Å². The topological polar surface area (TPSA) is 35.5 Å². The van der Waals surface area contributed by atoms with Crippen LogP contribution in [0.1, 0.15) is 54.1 Å². The van der Waals surface area contributed by atoms with Gasteiger partial charge >= 0.3 is 5.97 Å². The summed E-state index contributed by atoms with van der Waals surface area (Å²) < 4.78 is 10.3. The number of carbonyl (C=O) groups is 1. The van der Waals surface area contributed by atoms with E-state index in [0.29, 0.717) is 17.2 Å². The van der Waals surface area contributed by atoms with Crippen LogP contribution in [0.25, 0.3) is 0 Å². The molecule has 0 aromatic heterocycles. The molecule has 1 atom stereocenters. The second-order valence-electron chi connectivity index (χ2n) is 6.08. The summed E-state index contributed by atoms with van der Waals surface area (Å²) in [6, 6.07) is 15.3. The first-order valence-corrected chi connectivity index (χ1v) is 8.13. The van der Waals surface area contributed by atoms with Crippen LogP contribution >= 0.6 is 0 Å². The first kappa shape index (κ1) is 17.8. The fraction of sp³-hybridized carbons (Fsp3) is 0.286. The van der Waals surface area contributed by atoms with Crippen LogP contribution in [0.15, 0.2) is 60.9 Å². The monoisotopic (exact) mass is 324 g/mol. The predicted octanol–water partition coefficient (Wildman–Crippen LogP) is 5.29. The van der Waals surface area contributed by atoms with E-state index >= 15 is 0 Å². The van der Waals surface area contributed by atoms with Crippen molar-refractivity contribution >= 4 is 5.97 Å². The van der Waals surface area contributed by atoms with E-state index < -0.39 is 0 Å². The summed E-state index contributed by atoms with van der Waals surface area (Å²) in [5.41, 5.74) is 3.01. The molecule has 3 nitrogen and oxygen atoms in total. The third kappa shape index (κ3) is 4.72. The number of methoxy groups -OCH3 is 1. The SMILES string of the molecule is COc1ccc(C(=O)O/C=C/C(C)c2cccc(C(C)C)c2)cc1. The van der Waals surface area contributed by atoms with Gasteiger partial charge in [0.1, 0.15) is 5.75 Å². The molecular formula is C21H24O3. The Morgan fingerprint density at radius 1 is 1.00 bits per heavy atom. The highest BCUT2D eigenvalue weighted by atomic mass is 16.5. The Hall–Kier alpha value is -2.55. The van der Waals surface area contributed by atoms with Crippen molar-refractivity contribution in [3.05, 3.63) is 77.6 Å². The maximum Gasteiger partial charge on any atom is 0.342 e. The van der Waals surface area contributed by atoms with Crippen LogP contribution in [0.5, 0.6) is 5.75 Å². The molecule has 0 heterocycles. The lowest BCUT2D eigenvalue weighted by Gasteiger charge is -2.11. The Morgan fingerprint density at radius 2 is 1.67 bits per heavy atom. The second-order valence-corrected chi connectivity index (χ2v) is 6.08. The van der Waals surface area contributed by atoms with Crippen LogP contribution in [-0.4, -0.2) is 13.1 Å². The zero-order chi connectivity index (χ0) is 17.5. The van der Waals surface area contributed by atoms with E-state index in [1.54, 1.807) is 31.4 Å². The lowest BCUT2D eigenvalue weighted by molar-refractivity contribution is 0.0662. The third-order valence-corrected chi connectivity index (χ3v) is 3.97. The minimum atomic E-state index is -0.378. The minimum Gasteiger partial charge on any atom is -0.497 e. The number of hydrogen-bond acceptors (Lipinski definition) is 3. The molecule has 2 rings (SSSR count). The van der Waals surface area contributed by atoms with Crippen LogP contribution in [0, 0.1) is 0 Å². The number of rotatable bonds is 6. The van der Waals surface area contributed by atoms with Gasteiger partial charge in [0.2, 0.25) is 0 Å². The molecule has 0 radical (unpaired) electrons. The molecule has 2 aromatic carbocycles. The number of carbonyl (C=O) groups excluding carboxylic acids is 1. The fourth-order valence-corrected chi connectivity index (χ4v) is 2.33. The first-order valence-electron chi connectivity index (χ1n) is 8.13. The van der Waals surface area contributed by atoms with E-state index in [4.69, 9.17) is 9.47 Å². The average molecular weight is 324 g/mol. The Kier molecular flexibility index (Phi) is 6.19. The Morgan fingerprint density at radius 3 is 2.29 bits per heavy atom. The average Bonchev–Trinajstić information content (AvgIpc) is 2.61.